The number of halogens is 1. The Balaban J connectivity index is 1.92. The molecule has 2 amide bonds. The molecule has 1 heterocycles. The molecule has 1 aliphatic heterocycles. The van der Waals surface area contributed by atoms with E-state index in [4.69, 9.17) is 16.3 Å². The second-order valence-corrected chi connectivity index (χ2v) is 13.6. The monoisotopic (exact) mass is 591 g/mol. The van der Waals surface area contributed by atoms with E-state index in [1.165, 1.54) is 28.6 Å². The second-order valence-electron chi connectivity index (χ2n) is 11.2. The van der Waals surface area contributed by atoms with Gasteiger partial charge in [0, 0.05) is 23.7 Å². The third-order valence-corrected chi connectivity index (χ3v) is 8.54. The minimum atomic E-state index is -4.10. The van der Waals surface area contributed by atoms with E-state index in [0.717, 1.165) is 6.42 Å². The number of carbonyl (C=O) groups excluding carboxylic acids is 3. The number of esters is 1. The van der Waals surface area contributed by atoms with Crippen molar-refractivity contribution in [2.24, 2.45) is 5.92 Å². The van der Waals surface area contributed by atoms with Gasteiger partial charge in [0.15, 0.2) is 0 Å². The van der Waals surface area contributed by atoms with E-state index >= 15 is 0 Å². The molecule has 2 N–H and O–H groups in total. The average molecular weight is 592 g/mol. The molecule has 0 saturated carbocycles. The van der Waals surface area contributed by atoms with Crippen LogP contribution < -0.4 is 10.6 Å². The minimum absolute atomic E-state index is 0.0139. The molecule has 218 valence electrons. The van der Waals surface area contributed by atoms with Gasteiger partial charge in [-0.15, -0.1) is 0 Å². The maximum atomic E-state index is 13.8. The van der Waals surface area contributed by atoms with E-state index in [2.05, 4.69) is 10.6 Å². The van der Waals surface area contributed by atoms with Crippen molar-refractivity contribution in [1.82, 2.24) is 14.9 Å². The van der Waals surface area contributed by atoms with Crippen molar-refractivity contribution in [2.45, 2.75) is 83.0 Å². The molecule has 2 atom stereocenters. The summed E-state index contributed by atoms with van der Waals surface area (Å²) in [6.45, 7) is 9.23. The molecule has 2 unspecified atom stereocenters. The molecule has 1 saturated heterocycles. The number of hydrogen-bond donors (Lipinski definition) is 2. The van der Waals surface area contributed by atoms with Gasteiger partial charge in [0.2, 0.25) is 15.9 Å². The first-order valence-corrected chi connectivity index (χ1v) is 15.2. The molecule has 0 radical (unpaired) electrons. The SMILES string of the molecule is CC(C)C(NC(=O)c1cccc(CN(C2CCCCNC2=O)S(=O)(=O)c2ccc(Cl)cc2)c1)C(=O)OC(C)(C)C. The minimum Gasteiger partial charge on any atom is -0.458 e. The Kier molecular flexibility index (Phi) is 10.4. The summed E-state index contributed by atoms with van der Waals surface area (Å²) in [5.41, 5.74) is 0.0551. The molecule has 2 aromatic rings. The highest BCUT2D eigenvalue weighted by molar-refractivity contribution is 7.89. The summed E-state index contributed by atoms with van der Waals surface area (Å²) in [6, 6.07) is 10.5. The van der Waals surface area contributed by atoms with Gasteiger partial charge in [0.25, 0.3) is 5.91 Å². The van der Waals surface area contributed by atoms with E-state index in [9.17, 15) is 22.8 Å². The lowest BCUT2D eigenvalue weighted by Crippen LogP contribution is -2.48. The van der Waals surface area contributed by atoms with Crippen LogP contribution in [0, 0.1) is 5.92 Å². The Morgan fingerprint density at radius 3 is 2.42 bits per heavy atom. The van der Waals surface area contributed by atoms with Gasteiger partial charge in [-0.1, -0.05) is 37.6 Å². The van der Waals surface area contributed by atoms with E-state index in [-0.39, 0.29) is 28.8 Å². The zero-order chi connectivity index (χ0) is 29.7. The van der Waals surface area contributed by atoms with E-state index in [1.54, 1.807) is 45.0 Å². The van der Waals surface area contributed by atoms with Gasteiger partial charge < -0.3 is 15.4 Å². The highest BCUT2D eigenvalue weighted by Crippen LogP contribution is 2.26. The topological polar surface area (TPSA) is 122 Å². The largest absolute Gasteiger partial charge is 0.458 e. The van der Waals surface area contributed by atoms with Crippen LogP contribution in [0.2, 0.25) is 5.02 Å². The third kappa shape index (κ3) is 8.28. The van der Waals surface area contributed by atoms with Crippen molar-refractivity contribution >= 4 is 39.4 Å². The standard InChI is InChI=1S/C29H38ClN3O6S/c1-19(2)25(28(36)39-29(3,4)5)32-26(34)21-10-8-9-20(17-21)18-33(24-11-6-7-16-31-27(24)35)40(37,38)23-14-12-22(30)13-15-23/h8-10,12-15,17,19,24-25H,6-7,11,16,18H2,1-5H3,(H,31,35)(H,32,34). The van der Waals surface area contributed by atoms with E-state index < -0.39 is 39.6 Å². The van der Waals surface area contributed by atoms with Crippen LogP contribution in [0.1, 0.15) is 69.8 Å². The predicted molar refractivity (Wildman–Crippen MR) is 153 cm³/mol. The van der Waals surface area contributed by atoms with Crippen LogP contribution in [-0.4, -0.2) is 54.7 Å². The first kappa shape index (κ1) is 31.6. The summed E-state index contributed by atoms with van der Waals surface area (Å²) in [7, 11) is -4.10. The lowest BCUT2D eigenvalue weighted by atomic mass is 10.0. The number of carbonyl (C=O) groups is 3. The lowest BCUT2D eigenvalue weighted by molar-refractivity contribution is -0.158. The summed E-state index contributed by atoms with van der Waals surface area (Å²) in [4.78, 5) is 38.9. The summed E-state index contributed by atoms with van der Waals surface area (Å²) < 4.78 is 34.3. The van der Waals surface area contributed by atoms with Gasteiger partial charge in [-0.05, 0) is 87.9 Å². The molecule has 0 aliphatic carbocycles. The summed E-state index contributed by atoms with van der Waals surface area (Å²) in [6.07, 6.45) is 1.80. The zero-order valence-corrected chi connectivity index (χ0v) is 25.1. The fourth-order valence-corrected chi connectivity index (χ4v) is 6.11. The Hall–Kier alpha value is -2.95. The maximum absolute atomic E-state index is 13.8. The third-order valence-electron chi connectivity index (χ3n) is 6.42. The molecule has 11 heteroatoms. The van der Waals surface area contributed by atoms with Crippen molar-refractivity contribution in [3.63, 3.8) is 0 Å². The smallest absolute Gasteiger partial charge is 0.329 e. The Morgan fingerprint density at radius 2 is 1.80 bits per heavy atom. The van der Waals surface area contributed by atoms with Crippen molar-refractivity contribution in [2.75, 3.05) is 6.54 Å². The predicted octanol–water partition coefficient (Wildman–Crippen LogP) is 4.30. The Morgan fingerprint density at radius 1 is 1.12 bits per heavy atom. The van der Waals surface area contributed by atoms with E-state index in [0.29, 0.717) is 30.0 Å². The lowest BCUT2D eigenvalue weighted by Gasteiger charge is -2.29. The van der Waals surface area contributed by atoms with Gasteiger partial charge in [-0.3, -0.25) is 9.59 Å². The number of nitrogens with zero attached hydrogens (tertiary/aromatic N) is 1. The first-order valence-electron chi connectivity index (χ1n) is 13.4. The van der Waals surface area contributed by atoms with Crippen molar-refractivity contribution in [3.05, 3.63) is 64.7 Å². The number of rotatable bonds is 9. The number of benzene rings is 2. The quantitative estimate of drug-likeness (QED) is 0.419. The van der Waals surface area contributed by atoms with Crippen molar-refractivity contribution < 1.29 is 27.5 Å². The Bertz CT molecular complexity index is 1320. The molecule has 1 fully saturated rings. The van der Waals surface area contributed by atoms with Crippen molar-refractivity contribution in [3.8, 4) is 0 Å². The molecule has 0 bridgehead atoms. The fourth-order valence-electron chi connectivity index (χ4n) is 4.38. The van der Waals surface area contributed by atoms with Gasteiger partial charge >= 0.3 is 5.97 Å². The van der Waals surface area contributed by atoms with Gasteiger partial charge in [0.1, 0.15) is 17.7 Å². The van der Waals surface area contributed by atoms with Gasteiger partial charge in [-0.25, -0.2) is 13.2 Å². The van der Waals surface area contributed by atoms with Crippen LogP contribution in [0.4, 0.5) is 0 Å². The fraction of sp³-hybridized carbons (Fsp3) is 0.483. The zero-order valence-electron chi connectivity index (χ0n) is 23.6. The number of ether oxygens (including phenoxy) is 1. The molecule has 2 aromatic carbocycles. The number of hydrogen-bond acceptors (Lipinski definition) is 6. The average Bonchev–Trinajstić information content (AvgIpc) is 3.08. The first-order chi connectivity index (χ1) is 18.7. The van der Waals surface area contributed by atoms with Crippen LogP contribution in [0.5, 0.6) is 0 Å². The summed E-state index contributed by atoms with van der Waals surface area (Å²) >= 11 is 5.98. The summed E-state index contributed by atoms with van der Waals surface area (Å²) in [5, 5.41) is 5.95. The number of nitrogens with one attached hydrogen (secondary N) is 2. The van der Waals surface area contributed by atoms with Crippen LogP contribution in [-0.2, 0) is 30.9 Å². The molecule has 1 aliphatic rings. The Labute approximate surface area is 241 Å². The maximum Gasteiger partial charge on any atom is 0.329 e. The molecule has 0 aromatic heterocycles. The summed E-state index contributed by atoms with van der Waals surface area (Å²) in [5.74, 6) is -1.62. The van der Waals surface area contributed by atoms with Crippen LogP contribution in [0.15, 0.2) is 53.4 Å². The van der Waals surface area contributed by atoms with Gasteiger partial charge in [0.05, 0.1) is 4.90 Å². The number of amides is 2. The highest BCUT2D eigenvalue weighted by Gasteiger charge is 2.37. The van der Waals surface area contributed by atoms with Crippen LogP contribution in [0.25, 0.3) is 0 Å². The number of sulfonamides is 1. The molecular formula is C29H38ClN3O6S. The van der Waals surface area contributed by atoms with E-state index in [1.807, 2.05) is 13.8 Å². The molecular weight excluding hydrogens is 554 g/mol. The molecule has 9 nitrogen and oxygen atoms in total. The molecule has 0 spiro atoms. The second kappa shape index (κ2) is 13.1. The van der Waals surface area contributed by atoms with Crippen molar-refractivity contribution in [1.29, 1.82) is 0 Å². The molecule has 3 rings (SSSR count). The van der Waals surface area contributed by atoms with Gasteiger partial charge in [-0.2, -0.15) is 4.31 Å². The normalized spacial score (nSPS) is 17.2. The highest BCUT2D eigenvalue weighted by atomic mass is 35.5. The van der Waals surface area contributed by atoms with Crippen LogP contribution >= 0.6 is 11.6 Å². The molecule has 40 heavy (non-hydrogen) atoms. The van der Waals surface area contributed by atoms with Crippen LogP contribution in [0.3, 0.4) is 0 Å².